The summed E-state index contributed by atoms with van der Waals surface area (Å²) in [6.07, 6.45) is 0. The van der Waals surface area contributed by atoms with E-state index in [-0.39, 0.29) is 23.8 Å². The molecule has 2 aromatic carbocycles. The van der Waals surface area contributed by atoms with Gasteiger partial charge >= 0.3 is 6.61 Å². The summed E-state index contributed by atoms with van der Waals surface area (Å²) in [5.74, 6) is -0.248. The molecule has 2 amide bonds. The molecule has 0 radical (unpaired) electrons. The van der Waals surface area contributed by atoms with Gasteiger partial charge in [0.15, 0.2) is 0 Å². The molecule has 0 atom stereocenters. The smallest absolute Gasteiger partial charge is 0.387 e. The first-order chi connectivity index (χ1) is 13.7. The highest BCUT2D eigenvalue weighted by Crippen LogP contribution is 2.17. The molecule has 156 valence electrons. The van der Waals surface area contributed by atoms with Crippen molar-refractivity contribution in [2.45, 2.75) is 20.5 Å². The van der Waals surface area contributed by atoms with Crippen LogP contribution in [0.5, 0.6) is 11.5 Å². The summed E-state index contributed by atoms with van der Waals surface area (Å²) in [6.45, 7) is 1.42. The number of rotatable bonds is 9. The van der Waals surface area contributed by atoms with Crippen molar-refractivity contribution in [3.8, 4) is 11.5 Å². The Morgan fingerprint density at radius 2 is 1.76 bits per heavy atom. The van der Waals surface area contributed by atoms with E-state index in [4.69, 9.17) is 4.74 Å². The van der Waals surface area contributed by atoms with Crippen LogP contribution >= 0.6 is 0 Å². The molecule has 6 nitrogen and oxygen atoms in total. The highest BCUT2D eigenvalue weighted by atomic mass is 19.3. The van der Waals surface area contributed by atoms with E-state index in [0.29, 0.717) is 13.2 Å². The Bertz CT molecular complexity index is 838. The maximum absolute atomic E-state index is 12.3. The van der Waals surface area contributed by atoms with Crippen molar-refractivity contribution in [1.29, 1.82) is 0 Å². The number of hydrogen-bond acceptors (Lipinski definition) is 4. The minimum atomic E-state index is -2.98. The molecule has 0 saturated heterocycles. The van der Waals surface area contributed by atoms with E-state index in [1.807, 2.05) is 32.0 Å². The second-order valence-corrected chi connectivity index (χ2v) is 6.58. The molecule has 0 aliphatic rings. The van der Waals surface area contributed by atoms with Crippen molar-refractivity contribution in [2.75, 3.05) is 26.7 Å². The van der Waals surface area contributed by atoms with Crippen molar-refractivity contribution in [2.24, 2.45) is 0 Å². The number of ether oxygens (including phenoxy) is 2. The lowest BCUT2D eigenvalue weighted by Gasteiger charge is -2.18. The lowest BCUT2D eigenvalue weighted by Crippen LogP contribution is -2.39. The van der Waals surface area contributed by atoms with E-state index in [1.165, 1.54) is 29.2 Å². The van der Waals surface area contributed by atoms with Crippen LogP contribution in [0.3, 0.4) is 0 Å². The fraction of sp³-hybridized carbons (Fsp3) is 0.333. The first-order valence-electron chi connectivity index (χ1n) is 9.02. The molecule has 1 N–H and O–H groups in total. The van der Waals surface area contributed by atoms with Gasteiger partial charge in [0.25, 0.3) is 5.91 Å². The van der Waals surface area contributed by atoms with E-state index in [1.54, 1.807) is 7.05 Å². The second-order valence-electron chi connectivity index (χ2n) is 6.58. The van der Waals surface area contributed by atoms with E-state index in [9.17, 15) is 18.4 Å². The van der Waals surface area contributed by atoms with Gasteiger partial charge in [-0.25, -0.2) is 0 Å². The zero-order valence-electron chi connectivity index (χ0n) is 16.6. The van der Waals surface area contributed by atoms with Crippen LogP contribution < -0.4 is 14.8 Å². The fourth-order valence-electron chi connectivity index (χ4n) is 2.65. The van der Waals surface area contributed by atoms with Crippen LogP contribution in [0.4, 0.5) is 8.78 Å². The lowest BCUT2D eigenvalue weighted by molar-refractivity contribution is -0.129. The topological polar surface area (TPSA) is 67.9 Å². The molecule has 0 unspecified atom stereocenters. The first kappa shape index (κ1) is 22.1. The highest BCUT2D eigenvalue weighted by Gasteiger charge is 2.13. The Balaban J connectivity index is 1.78. The molecular weight excluding hydrogens is 382 g/mol. The molecule has 0 aliphatic carbocycles. The van der Waals surface area contributed by atoms with Gasteiger partial charge < -0.3 is 19.7 Å². The first-order valence-corrected chi connectivity index (χ1v) is 9.02. The molecule has 29 heavy (non-hydrogen) atoms. The molecule has 0 saturated carbocycles. The number of halogens is 2. The molecule has 8 heteroatoms. The number of amides is 2. The number of nitrogens with one attached hydrogen (secondary N) is 1. The minimum absolute atomic E-state index is 0.122. The molecular formula is C21H24F2N2O4. The number of nitrogens with zero attached hydrogens (tertiary/aromatic N) is 1. The summed E-state index contributed by atoms with van der Waals surface area (Å²) in [4.78, 5) is 25.7. The molecule has 2 rings (SSSR count). The van der Waals surface area contributed by atoms with Gasteiger partial charge in [-0.15, -0.1) is 0 Å². The van der Waals surface area contributed by atoms with Crippen LogP contribution in [0.1, 0.15) is 21.5 Å². The lowest BCUT2D eigenvalue weighted by atomic mass is 10.1. The Labute approximate surface area is 168 Å². The van der Waals surface area contributed by atoms with Gasteiger partial charge in [-0.2, -0.15) is 8.78 Å². The van der Waals surface area contributed by atoms with Crippen LogP contribution in [0.15, 0.2) is 42.5 Å². The van der Waals surface area contributed by atoms with E-state index in [0.717, 1.165) is 16.9 Å². The van der Waals surface area contributed by atoms with Crippen LogP contribution in [-0.2, 0) is 4.79 Å². The van der Waals surface area contributed by atoms with Crippen LogP contribution in [0.25, 0.3) is 0 Å². The zero-order chi connectivity index (χ0) is 21.4. The highest BCUT2D eigenvalue weighted by molar-refractivity contribution is 5.96. The van der Waals surface area contributed by atoms with E-state index < -0.39 is 12.5 Å². The van der Waals surface area contributed by atoms with Crippen molar-refractivity contribution < 1.29 is 27.8 Å². The van der Waals surface area contributed by atoms with Crippen LogP contribution in [0.2, 0.25) is 0 Å². The molecule has 0 fully saturated rings. The summed E-state index contributed by atoms with van der Waals surface area (Å²) >= 11 is 0. The molecule has 0 spiro atoms. The van der Waals surface area contributed by atoms with Gasteiger partial charge in [0.1, 0.15) is 18.1 Å². The summed E-state index contributed by atoms with van der Waals surface area (Å²) in [5, 5.41) is 2.47. The summed E-state index contributed by atoms with van der Waals surface area (Å²) in [6, 6.07) is 11.2. The summed E-state index contributed by atoms with van der Waals surface area (Å²) < 4.78 is 34.5. The van der Waals surface area contributed by atoms with Crippen molar-refractivity contribution in [3.63, 3.8) is 0 Å². The Morgan fingerprint density at radius 3 is 2.41 bits per heavy atom. The van der Waals surface area contributed by atoms with E-state index >= 15 is 0 Å². The summed E-state index contributed by atoms with van der Waals surface area (Å²) in [5.41, 5.74) is 2.31. The largest absolute Gasteiger partial charge is 0.492 e. The maximum atomic E-state index is 12.3. The zero-order valence-corrected chi connectivity index (χ0v) is 16.6. The number of alkyl halides is 2. The van der Waals surface area contributed by atoms with E-state index in [2.05, 4.69) is 10.1 Å². The third-order valence-electron chi connectivity index (χ3n) is 4.04. The predicted molar refractivity (Wildman–Crippen MR) is 104 cm³/mol. The molecule has 0 bridgehead atoms. The van der Waals surface area contributed by atoms with Gasteiger partial charge in [-0.3, -0.25) is 9.59 Å². The quantitative estimate of drug-likeness (QED) is 0.695. The normalized spacial score (nSPS) is 10.6. The Morgan fingerprint density at radius 1 is 1.07 bits per heavy atom. The molecule has 0 aliphatic heterocycles. The molecule has 2 aromatic rings. The van der Waals surface area contributed by atoms with Crippen molar-refractivity contribution in [1.82, 2.24) is 10.2 Å². The van der Waals surface area contributed by atoms with Gasteiger partial charge in [0.05, 0.1) is 13.1 Å². The fourth-order valence-corrected chi connectivity index (χ4v) is 2.65. The maximum Gasteiger partial charge on any atom is 0.387 e. The molecule has 0 heterocycles. The standard InChI is InChI=1S/C21H24F2N2O4/c1-14-9-15(2)11-18(10-14)28-8-7-25(3)19(26)13-24-20(27)16-5-4-6-17(12-16)29-21(22)23/h4-6,9-12,21H,7-8,13H2,1-3H3,(H,24,27). The van der Waals surface area contributed by atoms with Crippen molar-refractivity contribution >= 4 is 11.8 Å². The Hall–Kier alpha value is -3.16. The van der Waals surface area contributed by atoms with Gasteiger partial charge in [-0.05, 0) is 55.3 Å². The minimum Gasteiger partial charge on any atom is -0.492 e. The number of carbonyl (C=O) groups excluding carboxylic acids is 2. The summed E-state index contributed by atoms with van der Waals surface area (Å²) in [7, 11) is 1.61. The van der Waals surface area contributed by atoms with Crippen LogP contribution in [0, 0.1) is 13.8 Å². The number of benzene rings is 2. The number of hydrogen-bond donors (Lipinski definition) is 1. The third-order valence-corrected chi connectivity index (χ3v) is 4.04. The number of carbonyl (C=O) groups is 2. The second kappa shape index (κ2) is 10.4. The average molecular weight is 406 g/mol. The SMILES string of the molecule is Cc1cc(C)cc(OCCN(C)C(=O)CNC(=O)c2cccc(OC(F)F)c2)c1. The Kier molecular flexibility index (Phi) is 7.94. The monoisotopic (exact) mass is 406 g/mol. The van der Waals surface area contributed by atoms with Gasteiger partial charge in [-0.1, -0.05) is 12.1 Å². The third kappa shape index (κ3) is 7.40. The number of likely N-dealkylation sites (N-methyl/N-ethyl adjacent to an activating group) is 1. The average Bonchev–Trinajstić information content (AvgIpc) is 2.64. The van der Waals surface area contributed by atoms with Crippen LogP contribution in [-0.4, -0.2) is 50.1 Å². The van der Waals surface area contributed by atoms with Gasteiger partial charge in [0.2, 0.25) is 5.91 Å². The predicted octanol–water partition coefficient (Wildman–Crippen LogP) is 3.17. The van der Waals surface area contributed by atoms with Gasteiger partial charge in [0, 0.05) is 12.6 Å². The number of aryl methyl sites for hydroxylation is 2. The molecule has 0 aromatic heterocycles. The van der Waals surface area contributed by atoms with Crippen molar-refractivity contribution in [3.05, 3.63) is 59.2 Å².